The van der Waals surface area contributed by atoms with Gasteiger partial charge in [0.15, 0.2) is 0 Å². The third kappa shape index (κ3) is 2.30. The van der Waals surface area contributed by atoms with Crippen molar-refractivity contribution in [3.63, 3.8) is 0 Å². The molecule has 0 radical (unpaired) electrons. The zero-order valence-electron chi connectivity index (χ0n) is 11.2. The van der Waals surface area contributed by atoms with Gasteiger partial charge in [-0.15, -0.1) is 0 Å². The van der Waals surface area contributed by atoms with E-state index in [0.29, 0.717) is 23.2 Å². The SMILES string of the molecule is C=C(CO)[C@@H]1CC[C@@]2(C)CC[C@H](O)[C@@H](C)[C@@H]2C1. The van der Waals surface area contributed by atoms with E-state index in [4.69, 9.17) is 0 Å². The predicted octanol–water partition coefficient (Wildman–Crippen LogP) is 2.75. The van der Waals surface area contributed by atoms with E-state index in [0.717, 1.165) is 31.3 Å². The zero-order valence-corrected chi connectivity index (χ0v) is 11.2. The maximum Gasteiger partial charge on any atom is 0.0641 e. The Morgan fingerprint density at radius 3 is 2.65 bits per heavy atom. The average molecular weight is 238 g/mol. The molecular weight excluding hydrogens is 212 g/mol. The largest absolute Gasteiger partial charge is 0.393 e. The molecule has 2 nitrogen and oxygen atoms in total. The first-order chi connectivity index (χ1) is 7.98. The van der Waals surface area contributed by atoms with E-state index in [1.807, 2.05) is 0 Å². The molecule has 2 saturated carbocycles. The van der Waals surface area contributed by atoms with Crippen LogP contribution in [0, 0.1) is 23.2 Å². The van der Waals surface area contributed by atoms with Crippen molar-refractivity contribution >= 4 is 0 Å². The van der Waals surface area contributed by atoms with Gasteiger partial charge in [0.1, 0.15) is 0 Å². The fourth-order valence-corrected chi connectivity index (χ4v) is 4.07. The quantitative estimate of drug-likeness (QED) is 0.726. The highest BCUT2D eigenvalue weighted by Crippen LogP contribution is 2.54. The first-order valence-electron chi connectivity index (χ1n) is 6.94. The van der Waals surface area contributed by atoms with Crippen molar-refractivity contribution in [3.8, 4) is 0 Å². The van der Waals surface area contributed by atoms with Gasteiger partial charge in [-0.1, -0.05) is 20.4 Å². The van der Waals surface area contributed by atoms with Gasteiger partial charge in [0, 0.05) is 0 Å². The van der Waals surface area contributed by atoms with E-state index >= 15 is 0 Å². The lowest BCUT2D eigenvalue weighted by Crippen LogP contribution is -2.46. The number of aliphatic hydroxyl groups is 2. The van der Waals surface area contributed by atoms with Crippen LogP contribution in [0.4, 0.5) is 0 Å². The van der Waals surface area contributed by atoms with Crippen LogP contribution in [0.5, 0.6) is 0 Å². The molecule has 2 aliphatic carbocycles. The molecule has 0 aliphatic heterocycles. The summed E-state index contributed by atoms with van der Waals surface area (Å²) in [6, 6.07) is 0. The molecule has 2 rings (SSSR count). The molecule has 0 aromatic carbocycles. The molecule has 2 fully saturated rings. The molecular formula is C15H26O2. The van der Waals surface area contributed by atoms with Crippen molar-refractivity contribution in [2.24, 2.45) is 23.2 Å². The summed E-state index contributed by atoms with van der Waals surface area (Å²) in [6.07, 6.45) is 5.47. The van der Waals surface area contributed by atoms with Gasteiger partial charge in [0.05, 0.1) is 12.7 Å². The van der Waals surface area contributed by atoms with E-state index < -0.39 is 0 Å². The lowest BCUT2D eigenvalue weighted by atomic mass is 9.54. The second-order valence-corrected chi connectivity index (χ2v) is 6.51. The Morgan fingerprint density at radius 2 is 2.00 bits per heavy atom. The third-order valence-electron chi connectivity index (χ3n) is 5.53. The molecule has 0 heterocycles. The van der Waals surface area contributed by atoms with Gasteiger partial charge in [0.2, 0.25) is 0 Å². The van der Waals surface area contributed by atoms with E-state index in [1.165, 1.54) is 6.42 Å². The predicted molar refractivity (Wildman–Crippen MR) is 69.6 cm³/mol. The minimum absolute atomic E-state index is 0.116. The van der Waals surface area contributed by atoms with Crippen LogP contribution in [0.3, 0.4) is 0 Å². The van der Waals surface area contributed by atoms with Crippen molar-refractivity contribution in [3.05, 3.63) is 12.2 Å². The Kier molecular flexibility index (Phi) is 3.65. The molecule has 0 bridgehead atoms. The van der Waals surface area contributed by atoms with Crippen LogP contribution in [-0.4, -0.2) is 22.9 Å². The molecule has 0 spiro atoms. The van der Waals surface area contributed by atoms with Crippen molar-refractivity contribution in [2.45, 2.75) is 52.1 Å². The van der Waals surface area contributed by atoms with E-state index in [9.17, 15) is 10.2 Å². The topological polar surface area (TPSA) is 40.5 Å². The van der Waals surface area contributed by atoms with Gasteiger partial charge >= 0.3 is 0 Å². The monoisotopic (exact) mass is 238 g/mol. The first-order valence-corrected chi connectivity index (χ1v) is 6.94. The summed E-state index contributed by atoms with van der Waals surface area (Å²) in [5.74, 6) is 1.45. The highest BCUT2D eigenvalue weighted by atomic mass is 16.3. The van der Waals surface area contributed by atoms with Crippen molar-refractivity contribution < 1.29 is 10.2 Å². The Morgan fingerprint density at radius 1 is 1.35 bits per heavy atom. The van der Waals surface area contributed by atoms with Gasteiger partial charge in [-0.25, -0.2) is 0 Å². The minimum Gasteiger partial charge on any atom is -0.393 e. The maximum absolute atomic E-state index is 10.0. The van der Waals surface area contributed by atoms with Crippen molar-refractivity contribution in [2.75, 3.05) is 6.61 Å². The van der Waals surface area contributed by atoms with Gasteiger partial charge < -0.3 is 10.2 Å². The molecule has 17 heavy (non-hydrogen) atoms. The molecule has 5 atom stereocenters. The van der Waals surface area contributed by atoms with Gasteiger partial charge in [-0.05, 0) is 60.8 Å². The molecule has 2 N–H and O–H groups in total. The first kappa shape index (κ1) is 13.1. The zero-order chi connectivity index (χ0) is 12.6. The normalized spacial score (nSPS) is 46.4. The number of aliphatic hydroxyl groups excluding tert-OH is 2. The number of rotatable bonds is 2. The average Bonchev–Trinajstić information content (AvgIpc) is 2.33. The Hall–Kier alpha value is -0.340. The summed E-state index contributed by atoms with van der Waals surface area (Å²) in [5, 5.41) is 19.3. The van der Waals surface area contributed by atoms with E-state index in [-0.39, 0.29) is 12.7 Å². The van der Waals surface area contributed by atoms with Gasteiger partial charge in [-0.3, -0.25) is 0 Å². The molecule has 0 saturated heterocycles. The van der Waals surface area contributed by atoms with Crippen LogP contribution in [-0.2, 0) is 0 Å². The molecule has 0 amide bonds. The molecule has 0 aromatic rings. The van der Waals surface area contributed by atoms with E-state index in [1.54, 1.807) is 0 Å². The molecule has 98 valence electrons. The third-order valence-corrected chi connectivity index (χ3v) is 5.53. The maximum atomic E-state index is 10.0. The number of fused-ring (bicyclic) bond motifs is 1. The van der Waals surface area contributed by atoms with Crippen LogP contribution in [0.15, 0.2) is 12.2 Å². The van der Waals surface area contributed by atoms with Crippen LogP contribution < -0.4 is 0 Å². The van der Waals surface area contributed by atoms with Crippen molar-refractivity contribution in [1.29, 1.82) is 0 Å². The summed E-state index contributed by atoms with van der Waals surface area (Å²) in [5.41, 5.74) is 1.39. The minimum atomic E-state index is -0.130. The van der Waals surface area contributed by atoms with Gasteiger partial charge in [0.25, 0.3) is 0 Å². The Bertz CT molecular complexity index is 299. The van der Waals surface area contributed by atoms with Crippen LogP contribution in [0.2, 0.25) is 0 Å². The summed E-state index contributed by atoms with van der Waals surface area (Å²) < 4.78 is 0. The van der Waals surface area contributed by atoms with Crippen LogP contribution >= 0.6 is 0 Å². The summed E-state index contributed by atoms with van der Waals surface area (Å²) in [4.78, 5) is 0. The summed E-state index contributed by atoms with van der Waals surface area (Å²) in [7, 11) is 0. The highest BCUT2D eigenvalue weighted by Gasteiger charge is 2.47. The fourth-order valence-electron chi connectivity index (χ4n) is 4.07. The van der Waals surface area contributed by atoms with E-state index in [2.05, 4.69) is 20.4 Å². The van der Waals surface area contributed by atoms with Crippen LogP contribution in [0.1, 0.15) is 46.0 Å². The summed E-state index contributed by atoms with van der Waals surface area (Å²) in [6.45, 7) is 8.68. The summed E-state index contributed by atoms with van der Waals surface area (Å²) >= 11 is 0. The number of hydrogen-bond acceptors (Lipinski definition) is 2. The van der Waals surface area contributed by atoms with Crippen LogP contribution in [0.25, 0.3) is 0 Å². The van der Waals surface area contributed by atoms with Gasteiger partial charge in [-0.2, -0.15) is 0 Å². The second kappa shape index (κ2) is 4.74. The smallest absolute Gasteiger partial charge is 0.0641 e. The lowest BCUT2D eigenvalue weighted by Gasteiger charge is -2.52. The lowest BCUT2D eigenvalue weighted by molar-refractivity contribution is -0.0642. The molecule has 0 unspecified atom stereocenters. The second-order valence-electron chi connectivity index (χ2n) is 6.51. The molecule has 0 aromatic heterocycles. The number of hydrogen-bond donors (Lipinski definition) is 2. The Labute approximate surface area is 105 Å². The molecule has 2 heteroatoms. The molecule has 2 aliphatic rings. The standard InChI is InChI=1S/C15H26O2/c1-10(9-16)12-4-6-15(3)7-5-14(17)11(2)13(15)8-12/h11-14,16-17H,1,4-9H2,2-3H3/t11-,12+,13-,14-,15-/m0/s1. The fraction of sp³-hybridized carbons (Fsp3) is 0.867. The van der Waals surface area contributed by atoms with Crippen molar-refractivity contribution in [1.82, 2.24) is 0 Å². The Balaban J connectivity index is 2.12. The highest BCUT2D eigenvalue weighted by molar-refractivity contribution is 5.07.